The lowest BCUT2D eigenvalue weighted by Crippen LogP contribution is -2.23. The minimum Gasteiger partial charge on any atom is -0.481 e. The average Bonchev–Trinajstić information content (AvgIpc) is 2.71. The van der Waals surface area contributed by atoms with Crippen LogP contribution in [0, 0.1) is 0 Å². The molecule has 0 aromatic heterocycles. The van der Waals surface area contributed by atoms with Crippen molar-refractivity contribution >= 4 is 27.2 Å². The molecule has 28 heavy (non-hydrogen) atoms. The van der Waals surface area contributed by atoms with Crippen LogP contribution >= 0.6 is 0 Å². The number of rotatable bonds is 5. The molecule has 0 fully saturated rings. The number of carbonyl (C=O) groups is 1. The van der Waals surface area contributed by atoms with Crippen LogP contribution in [0.2, 0.25) is 0 Å². The van der Waals surface area contributed by atoms with E-state index in [1.807, 2.05) is 18.9 Å². The zero-order chi connectivity index (χ0) is 20.5. The van der Waals surface area contributed by atoms with Crippen molar-refractivity contribution in [3.8, 4) is 0 Å². The van der Waals surface area contributed by atoms with Gasteiger partial charge in [-0.15, -0.1) is 0 Å². The monoisotopic (exact) mass is 401 g/mol. The second-order valence-corrected chi connectivity index (χ2v) is 8.30. The number of sulfone groups is 1. The van der Waals surface area contributed by atoms with Gasteiger partial charge in [0.2, 0.25) is 15.7 Å². The molecule has 0 saturated carbocycles. The highest BCUT2D eigenvalue weighted by molar-refractivity contribution is 7.91. The highest BCUT2D eigenvalue weighted by atomic mass is 32.2. The predicted molar refractivity (Wildman–Crippen MR) is 108 cm³/mol. The van der Waals surface area contributed by atoms with Crippen molar-refractivity contribution < 1.29 is 17.9 Å². The van der Waals surface area contributed by atoms with Gasteiger partial charge in [-0.05, 0) is 43.3 Å². The first-order valence-corrected chi connectivity index (χ1v) is 10.4. The molecule has 2 aromatic carbocycles. The Morgan fingerprint density at radius 1 is 1.14 bits per heavy atom. The fourth-order valence-corrected chi connectivity index (χ4v) is 4.78. The summed E-state index contributed by atoms with van der Waals surface area (Å²) in [7, 11) is -0.503. The molecule has 0 atom stereocenters. The van der Waals surface area contributed by atoms with Gasteiger partial charge in [-0.3, -0.25) is 4.79 Å². The van der Waals surface area contributed by atoms with Crippen molar-refractivity contribution in [2.45, 2.75) is 16.7 Å². The molecule has 1 aliphatic rings. The van der Waals surface area contributed by atoms with Gasteiger partial charge in [0.25, 0.3) is 0 Å². The second kappa shape index (κ2) is 7.73. The smallest absolute Gasteiger partial charge is 0.215 e. The van der Waals surface area contributed by atoms with E-state index in [2.05, 4.69) is 4.99 Å². The summed E-state index contributed by atoms with van der Waals surface area (Å²) in [6.45, 7) is 3.41. The number of ketones is 1. The third-order valence-electron chi connectivity index (χ3n) is 4.75. The third-order valence-corrected chi connectivity index (χ3v) is 6.60. The number of benzene rings is 2. The number of methoxy groups -OCH3 is 1. The Kier molecular flexibility index (Phi) is 5.53. The van der Waals surface area contributed by atoms with Gasteiger partial charge in [0, 0.05) is 42.5 Å². The molecule has 2 aromatic rings. The zero-order valence-electron chi connectivity index (χ0n) is 16.1. The topological polar surface area (TPSA) is 102 Å². The number of hydrogen-bond donors (Lipinski definition) is 1. The summed E-state index contributed by atoms with van der Waals surface area (Å²) in [5, 5.41) is 0. The Hall–Kier alpha value is -2.71. The summed E-state index contributed by atoms with van der Waals surface area (Å²) in [6.07, 6.45) is 0. The Bertz CT molecular complexity index is 1060. The molecular formula is C20H23N3O4S. The van der Waals surface area contributed by atoms with Crippen LogP contribution in [0.15, 0.2) is 51.2 Å². The Balaban J connectivity index is 2.16. The van der Waals surface area contributed by atoms with Crippen molar-refractivity contribution in [2.75, 3.05) is 38.7 Å². The van der Waals surface area contributed by atoms with E-state index in [1.54, 1.807) is 18.2 Å². The minimum absolute atomic E-state index is 0.0215. The average molecular weight is 401 g/mol. The molecule has 0 amide bonds. The summed E-state index contributed by atoms with van der Waals surface area (Å²) < 4.78 is 31.7. The van der Waals surface area contributed by atoms with Crippen LogP contribution in [-0.2, 0) is 14.6 Å². The van der Waals surface area contributed by atoms with Crippen molar-refractivity contribution in [3.63, 3.8) is 0 Å². The van der Waals surface area contributed by atoms with Crippen LogP contribution in [-0.4, -0.2) is 53.9 Å². The SMILES string of the molecule is CCN(C)c1ccc2c(c1)C(=O)c1ccc(C(=NCCN)OC)cc1S2(=O)=O. The molecule has 0 aliphatic carbocycles. The van der Waals surface area contributed by atoms with E-state index < -0.39 is 9.84 Å². The molecule has 0 radical (unpaired) electrons. The second-order valence-electron chi connectivity index (χ2n) is 6.42. The highest BCUT2D eigenvalue weighted by Crippen LogP contribution is 2.36. The van der Waals surface area contributed by atoms with Crippen LogP contribution in [0.3, 0.4) is 0 Å². The van der Waals surface area contributed by atoms with Crippen molar-refractivity contribution in [2.24, 2.45) is 10.7 Å². The lowest BCUT2D eigenvalue weighted by Gasteiger charge is -2.23. The summed E-state index contributed by atoms with van der Waals surface area (Å²) >= 11 is 0. The molecule has 8 heteroatoms. The Morgan fingerprint density at radius 2 is 1.89 bits per heavy atom. The predicted octanol–water partition coefficient (Wildman–Crippen LogP) is 1.87. The fourth-order valence-electron chi connectivity index (χ4n) is 3.12. The number of anilines is 1. The molecule has 1 aliphatic heterocycles. The van der Waals surface area contributed by atoms with E-state index in [0.717, 1.165) is 12.2 Å². The van der Waals surface area contributed by atoms with Gasteiger partial charge >= 0.3 is 0 Å². The van der Waals surface area contributed by atoms with E-state index in [1.165, 1.54) is 25.3 Å². The molecule has 0 spiro atoms. The number of carbonyl (C=O) groups excluding carboxylic acids is 1. The number of hydrogen-bond acceptors (Lipinski definition) is 7. The number of nitrogens with two attached hydrogens (primary N) is 1. The standard InChI is InChI=1S/C20H23N3O4S/c1-4-23(2)14-6-8-17-16(12-14)19(24)15-7-5-13(11-18(15)28(17,25)26)20(27-3)22-10-9-21/h5-8,11-12H,4,9-10,21H2,1-3H3. The first-order chi connectivity index (χ1) is 13.3. The first kappa shape index (κ1) is 20.0. The molecule has 3 rings (SSSR count). The first-order valence-electron chi connectivity index (χ1n) is 8.93. The van der Waals surface area contributed by atoms with Crippen LogP contribution in [0.25, 0.3) is 0 Å². The van der Waals surface area contributed by atoms with Gasteiger partial charge in [-0.2, -0.15) is 0 Å². The molecule has 148 valence electrons. The fraction of sp³-hybridized carbons (Fsp3) is 0.300. The third kappa shape index (κ3) is 3.29. The maximum absolute atomic E-state index is 13.2. The van der Waals surface area contributed by atoms with Gasteiger partial charge in [0.15, 0.2) is 5.78 Å². The molecular weight excluding hydrogens is 378 g/mol. The van der Waals surface area contributed by atoms with Gasteiger partial charge in [-0.25, -0.2) is 13.4 Å². The Labute approximate surface area is 164 Å². The van der Waals surface area contributed by atoms with Crippen LogP contribution in [0.4, 0.5) is 5.69 Å². The quantitative estimate of drug-likeness (QED) is 0.517. The molecule has 1 heterocycles. The van der Waals surface area contributed by atoms with Gasteiger partial charge in [0.1, 0.15) is 0 Å². The maximum Gasteiger partial charge on any atom is 0.215 e. The largest absolute Gasteiger partial charge is 0.481 e. The summed E-state index contributed by atoms with van der Waals surface area (Å²) in [5.41, 5.74) is 7.10. The van der Waals surface area contributed by atoms with E-state index in [4.69, 9.17) is 10.5 Å². The zero-order valence-corrected chi connectivity index (χ0v) is 16.9. The van der Waals surface area contributed by atoms with Crippen LogP contribution < -0.4 is 10.6 Å². The maximum atomic E-state index is 13.2. The van der Waals surface area contributed by atoms with Crippen molar-refractivity contribution in [1.29, 1.82) is 0 Å². The lowest BCUT2D eigenvalue weighted by molar-refractivity contribution is 0.103. The minimum atomic E-state index is -3.84. The summed E-state index contributed by atoms with van der Waals surface area (Å²) in [4.78, 5) is 19.2. The van der Waals surface area contributed by atoms with Crippen molar-refractivity contribution in [3.05, 3.63) is 53.1 Å². The number of fused-ring (bicyclic) bond motifs is 2. The molecule has 0 unspecified atom stereocenters. The van der Waals surface area contributed by atoms with E-state index in [-0.39, 0.29) is 32.6 Å². The van der Waals surface area contributed by atoms with Crippen LogP contribution in [0.5, 0.6) is 0 Å². The van der Waals surface area contributed by atoms with Crippen LogP contribution in [0.1, 0.15) is 28.4 Å². The molecule has 7 nitrogen and oxygen atoms in total. The normalized spacial score (nSPS) is 15.0. The number of ether oxygens (including phenoxy) is 1. The van der Waals surface area contributed by atoms with E-state index >= 15 is 0 Å². The van der Waals surface area contributed by atoms with Gasteiger partial charge in [-0.1, -0.05) is 0 Å². The van der Waals surface area contributed by atoms with E-state index in [9.17, 15) is 13.2 Å². The highest BCUT2D eigenvalue weighted by Gasteiger charge is 2.35. The van der Waals surface area contributed by atoms with E-state index in [0.29, 0.717) is 18.7 Å². The van der Waals surface area contributed by atoms with Gasteiger partial charge in [0.05, 0.1) is 23.4 Å². The number of aliphatic imine (C=N–C) groups is 1. The Morgan fingerprint density at radius 3 is 2.54 bits per heavy atom. The van der Waals surface area contributed by atoms with Gasteiger partial charge < -0.3 is 15.4 Å². The van der Waals surface area contributed by atoms with Crippen molar-refractivity contribution in [1.82, 2.24) is 0 Å². The molecule has 2 N–H and O–H groups in total. The number of nitrogens with zero attached hydrogens (tertiary/aromatic N) is 2. The summed E-state index contributed by atoms with van der Waals surface area (Å²) in [6, 6.07) is 9.44. The summed E-state index contributed by atoms with van der Waals surface area (Å²) in [5.74, 6) is -0.0304. The molecule has 0 saturated heterocycles. The lowest BCUT2D eigenvalue weighted by atomic mass is 10.00. The molecule has 0 bridgehead atoms.